The van der Waals surface area contributed by atoms with E-state index in [1.54, 1.807) is 18.2 Å². The number of hydrogen-bond donors (Lipinski definition) is 0. The van der Waals surface area contributed by atoms with Gasteiger partial charge >= 0.3 is 0 Å². The molecule has 2 saturated heterocycles. The predicted octanol–water partition coefficient (Wildman–Crippen LogP) is 2.73. The Balaban J connectivity index is 1.68. The van der Waals surface area contributed by atoms with Crippen molar-refractivity contribution in [2.45, 2.75) is 24.6 Å². The molecular formula is C21H20N2O4S2. The van der Waals surface area contributed by atoms with E-state index in [0.29, 0.717) is 16.4 Å². The highest BCUT2D eigenvalue weighted by Gasteiger charge is 2.49. The highest BCUT2D eigenvalue weighted by Crippen LogP contribution is 2.41. The summed E-state index contributed by atoms with van der Waals surface area (Å²) in [5, 5.41) is 0.320. The second-order valence-electron chi connectivity index (χ2n) is 7.23. The van der Waals surface area contributed by atoms with Gasteiger partial charge < -0.3 is 4.90 Å². The summed E-state index contributed by atoms with van der Waals surface area (Å²) in [6.07, 6.45) is 0.180. The molecule has 2 heterocycles. The summed E-state index contributed by atoms with van der Waals surface area (Å²) in [4.78, 5) is 30.5. The minimum atomic E-state index is -3.14. The van der Waals surface area contributed by atoms with Crippen molar-refractivity contribution >= 4 is 44.1 Å². The first kappa shape index (κ1) is 19.8. The second-order valence-corrected chi connectivity index (χ2v) is 10.6. The molecule has 0 radical (unpaired) electrons. The van der Waals surface area contributed by atoms with Gasteiger partial charge in [-0.2, -0.15) is 4.99 Å². The normalized spacial score (nSPS) is 23.9. The fraction of sp³-hybridized carbons (Fsp3) is 0.286. The molecule has 0 aliphatic carbocycles. The van der Waals surface area contributed by atoms with Crippen LogP contribution in [-0.4, -0.2) is 48.1 Å². The number of hydrogen-bond acceptors (Lipinski definition) is 5. The molecule has 1 amide bonds. The fourth-order valence-electron chi connectivity index (χ4n) is 3.66. The summed E-state index contributed by atoms with van der Waals surface area (Å²) in [7, 11) is -3.14. The monoisotopic (exact) mass is 428 g/mol. The van der Waals surface area contributed by atoms with Crippen LogP contribution in [0.2, 0.25) is 0 Å². The second kappa shape index (κ2) is 7.76. The van der Waals surface area contributed by atoms with E-state index in [0.717, 1.165) is 5.56 Å². The maximum absolute atomic E-state index is 12.6. The van der Waals surface area contributed by atoms with Crippen molar-refractivity contribution < 1.29 is 18.0 Å². The van der Waals surface area contributed by atoms with E-state index >= 15 is 0 Å². The maximum Gasteiger partial charge on any atom is 0.252 e. The van der Waals surface area contributed by atoms with Gasteiger partial charge in [-0.3, -0.25) is 9.59 Å². The molecule has 4 rings (SSSR count). The zero-order valence-corrected chi connectivity index (χ0v) is 17.4. The van der Waals surface area contributed by atoms with Gasteiger partial charge in [0.1, 0.15) is 0 Å². The SMILES string of the molecule is CC(=O)c1cccc(N2C(=NC(=O)Cc3ccccc3)S[C@H]3CS(=O)(=O)C[C@H]32)c1. The van der Waals surface area contributed by atoms with Crippen molar-refractivity contribution in [1.82, 2.24) is 0 Å². The Kier molecular flexibility index (Phi) is 5.31. The first-order valence-electron chi connectivity index (χ1n) is 9.25. The number of anilines is 1. The van der Waals surface area contributed by atoms with Crippen molar-refractivity contribution in [3.05, 3.63) is 65.7 Å². The highest BCUT2D eigenvalue weighted by molar-refractivity contribution is 8.16. The largest absolute Gasteiger partial charge is 0.316 e. The number of Topliss-reactive ketones (excluding diaryl/α,β-unsaturated/α-hetero) is 1. The Morgan fingerprint density at radius 3 is 2.59 bits per heavy atom. The molecule has 150 valence electrons. The molecule has 6 nitrogen and oxygen atoms in total. The van der Waals surface area contributed by atoms with Gasteiger partial charge in [0.15, 0.2) is 20.8 Å². The van der Waals surface area contributed by atoms with Crippen LogP contribution in [0.3, 0.4) is 0 Å². The first-order valence-corrected chi connectivity index (χ1v) is 12.0. The molecular weight excluding hydrogens is 408 g/mol. The standard InChI is InChI=1S/C21H20N2O4S2/c1-14(24)16-8-5-9-17(11-16)23-18-12-29(26,27)13-19(18)28-21(23)22-20(25)10-15-6-3-2-4-7-15/h2-9,11,18-19H,10,12-13H2,1H3/t18-,19+/m1/s1. The smallest absolute Gasteiger partial charge is 0.252 e. The quantitative estimate of drug-likeness (QED) is 0.697. The Labute approximate surface area is 173 Å². The van der Waals surface area contributed by atoms with Crippen molar-refractivity contribution in [3.8, 4) is 0 Å². The lowest BCUT2D eigenvalue weighted by atomic mass is 10.1. The molecule has 2 aromatic rings. The third kappa shape index (κ3) is 4.28. The van der Waals surface area contributed by atoms with E-state index < -0.39 is 9.84 Å². The molecule has 0 aromatic heterocycles. The van der Waals surface area contributed by atoms with Crippen molar-refractivity contribution in [1.29, 1.82) is 0 Å². The van der Waals surface area contributed by atoms with E-state index in [1.165, 1.54) is 18.7 Å². The third-order valence-electron chi connectivity index (χ3n) is 5.02. The van der Waals surface area contributed by atoms with E-state index in [4.69, 9.17) is 0 Å². The number of rotatable bonds is 4. The van der Waals surface area contributed by atoms with Crippen LogP contribution in [0, 0.1) is 0 Å². The number of carbonyl (C=O) groups excluding carboxylic acids is 2. The minimum absolute atomic E-state index is 0.0147. The predicted molar refractivity (Wildman–Crippen MR) is 115 cm³/mol. The van der Waals surface area contributed by atoms with Gasteiger partial charge in [-0.25, -0.2) is 8.42 Å². The molecule has 8 heteroatoms. The summed E-state index contributed by atoms with van der Waals surface area (Å²) in [5.74, 6) is -0.278. The molecule has 2 fully saturated rings. The number of thioether (sulfide) groups is 1. The lowest BCUT2D eigenvalue weighted by Crippen LogP contribution is -2.37. The zero-order valence-electron chi connectivity index (χ0n) is 15.8. The number of ketones is 1. The number of benzene rings is 2. The number of aliphatic imine (C=N–C) groups is 1. The van der Waals surface area contributed by atoms with Crippen LogP contribution in [0.1, 0.15) is 22.8 Å². The number of fused-ring (bicyclic) bond motifs is 1. The van der Waals surface area contributed by atoms with Gasteiger partial charge in [0.2, 0.25) is 0 Å². The Hall–Kier alpha value is -2.45. The first-order chi connectivity index (χ1) is 13.8. The third-order valence-corrected chi connectivity index (χ3v) is 8.23. The molecule has 0 N–H and O–H groups in total. The van der Waals surface area contributed by atoms with Gasteiger partial charge in [-0.05, 0) is 24.6 Å². The number of amidine groups is 1. The van der Waals surface area contributed by atoms with Crippen LogP contribution < -0.4 is 4.90 Å². The van der Waals surface area contributed by atoms with E-state index in [2.05, 4.69) is 4.99 Å². The molecule has 0 spiro atoms. The van der Waals surface area contributed by atoms with Gasteiger partial charge in [0, 0.05) is 16.5 Å². The van der Waals surface area contributed by atoms with Crippen LogP contribution in [0.4, 0.5) is 5.69 Å². The molecule has 2 aliphatic heterocycles. The molecule has 0 bridgehead atoms. The molecule has 0 unspecified atom stereocenters. The molecule has 0 saturated carbocycles. The van der Waals surface area contributed by atoms with Crippen LogP contribution in [0.5, 0.6) is 0 Å². The van der Waals surface area contributed by atoms with Gasteiger partial charge in [-0.15, -0.1) is 0 Å². The minimum Gasteiger partial charge on any atom is -0.316 e. The average Bonchev–Trinajstić information content (AvgIpc) is 3.13. The molecule has 2 aliphatic rings. The Morgan fingerprint density at radius 1 is 1.10 bits per heavy atom. The Morgan fingerprint density at radius 2 is 1.86 bits per heavy atom. The summed E-state index contributed by atoms with van der Waals surface area (Å²) >= 11 is 1.33. The zero-order chi connectivity index (χ0) is 20.6. The van der Waals surface area contributed by atoms with Crippen molar-refractivity contribution in [2.75, 3.05) is 16.4 Å². The fourth-order valence-corrected chi connectivity index (χ4v) is 7.59. The number of carbonyl (C=O) groups is 2. The lowest BCUT2D eigenvalue weighted by molar-refractivity contribution is -0.117. The van der Waals surface area contributed by atoms with Crippen molar-refractivity contribution in [3.63, 3.8) is 0 Å². The van der Waals surface area contributed by atoms with Gasteiger partial charge in [-0.1, -0.05) is 54.2 Å². The van der Waals surface area contributed by atoms with Crippen LogP contribution in [0.15, 0.2) is 59.6 Å². The van der Waals surface area contributed by atoms with E-state index in [1.807, 2.05) is 41.3 Å². The maximum atomic E-state index is 12.6. The van der Waals surface area contributed by atoms with E-state index in [-0.39, 0.29) is 40.9 Å². The Bertz CT molecular complexity index is 1100. The molecule has 29 heavy (non-hydrogen) atoms. The topological polar surface area (TPSA) is 83.9 Å². The summed E-state index contributed by atoms with van der Waals surface area (Å²) < 4.78 is 24.3. The van der Waals surface area contributed by atoms with Crippen LogP contribution in [-0.2, 0) is 21.1 Å². The summed E-state index contributed by atoms with van der Waals surface area (Å²) in [6.45, 7) is 1.49. The van der Waals surface area contributed by atoms with Crippen molar-refractivity contribution in [2.24, 2.45) is 4.99 Å². The number of amides is 1. The van der Waals surface area contributed by atoms with Gasteiger partial charge in [0.05, 0.1) is 24.0 Å². The molecule has 2 aromatic carbocycles. The molecule has 2 atom stereocenters. The summed E-state index contributed by atoms with van der Waals surface area (Å²) in [5.41, 5.74) is 2.09. The lowest BCUT2D eigenvalue weighted by Gasteiger charge is -2.24. The average molecular weight is 429 g/mol. The van der Waals surface area contributed by atoms with Gasteiger partial charge in [0.25, 0.3) is 5.91 Å². The van der Waals surface area contributed by atoms with E-state index in [9.17, 15) is 18.0 Å². The van der Waals surface area contributed by atoms with Crippen LogP contribution >= 0.6 is 11.8 Å². The summed E-state index contributed by atoms with van der Waals surface area (Å²) in [6, 6.07) is 16.1. The highest BCUT2D eigenvalue weighted by atomic mass is 32.2. The number of nitrogens with zero attached hydrogens (tertiary/aromatic N) is 2. The van der Waals surface area contributed by atoms with Crippen LogP contribution in [0.25, 0.3) is 0 Å². The number of sulfone groups is 1.